The molecule has 1 aromatic carbocycles. The number of benzene rings is 1. The fourth-order valence-corrected chi connectivity index (χ4v) is 2.07. The van der Waals surface area contributed by atoms with E-state index in [1.54, 1.807) is 26.4 Å². The second-order valence-corrected chi connectivity index (χ2v) is 4.70. The minimum absolute atomic E-state index is 0.0762. The average molecular weight is 288 g/mol. The van der Waals surface area contributed by atoms with Gasteiger partial charge in [0.2, 0.25) is 0 Å². The molecule has 0 N–H and O–H groups in total. The van der Waals surface area contributed by atoms with E-state index in [1.807, 2.05) is 18.2 Å². The molecule has 0 atom stereocenters. The summed E-state index contributed by atoms with van der Waals surface area (Å²) in [6.45, 7) is 2.72. The summed E-state index contributed by atoms with van der Waals surface area (Å²) in [4.78, 5) is 11.8. The Labute approximate surface area is 124 Å². The molecule has 2 aromatic rings. The van der Waals surface area contributed by atoms with E-state index in [2.05, 4.69) is 12.0 Å². The van der Waals surface area contributed by atoms with Gasteiger partial charge in [-0.05, 0) is 30.7 Å². The van der Waals surface area contributed by atoms with Gasteiger partial charge in [-0.25, -0.2) is 4.68 Å². The van der Waals surface area contributed by atoms with Crippen molar-refractivity contribution in [1.82, 2.24) is 9.78 Å². The van der Waals surface area contributed by atoms with Crippen molar-refractivity contribution in [3.8, 4) is 22.8 Å². The summed E-state index contributed by atoms with van der Waals surface area (Å²) in [5.74, 6) is 1.31. The molecule has 1 aromatic heterocycles. The average Bonchev–Trinajstić information content (AvgIpc) is 2.53. The minimum atomic E-state index is -0.0762. The van der Waals surface area contributed by atoms with E-state index in [-0.39, 0.29) is 5.56 Å². The zero-order valence-electron chi connectivity index (χ0n) is 12.6. The smallest absolute Gasteiger partial charge is 0.266 e. The molecule has 21 heavy (non-hydrogen) atoms. The van der Waals surface area contributed by atoms with Gasteiger partial charge in [-0.3, -0.25) is 4.79 Å². The van der Waals surface area contributed by atoms with Crippen LogP contribution in [-0.4, -0.2) is 24.0 Å². The highest BCUT2D eigenvalue weighted by atomic mass is 16.5. The number of aryl methyl sites for hydroxylation is 1. The van der Waals surface area contributed by atoms with Gasteiger partial charge in [0.05, 0.1) is 19.9 Å². The Bertz CT molecular complexity index is 665. The molecule has 0 saturated carbocycles. The number of aromatic nitrogens is 2. The predicted octanol–water partition coefficient (Wildman–Crippen LogP) is 2.73. The van der Waals surface area contributed by atoms with E-state index in [1.165, 1.54) is 4.68 Å². The van der Waals surface area contributed by atoms with Gasteiger partial charge >= 0.3 is 0 Å². The standard InChI is InChI=1S/C16H20N2O3/c1-4-5-10-18-16(19)9-7-13(17-18)12-6-8-14(20-2)15(11-12)21-3/h6-9,11H,4-5,10H2,1-3H3. The highest BCUT2D eigenvalue weighted by molar-refractivity contribution is 5.63. The summed E-state index contributed by atoms with van der Waals surface area (Å²) in [6.07, 6.45) is 1.96. The third-order valence-corrected chi connectivity index (χ3v) is 3.27. The van der Waals surface area contributed by atoms with Gasteiger partial charge in [0.25, 0.3) is 5.56 Å². The summed E-state index contributed by atoms with van der Waals surface area (Å²) in [6, 6.07) is 8.87. The fourth-order valence-electron chi connectivity index (χ4n) is 2.07. The molecule has 0 unspecified atom stereocenters. The number of hydrogen-bond donors (Lipinski definition) is 0. The Morgan fingerprint density at radius 1 is 1.10 bits per heavy atom. The Balaban J connectivity index is 2.39. The van der Waals surface area contributed by atoms with Crippen LogP contribution in [0.5, 0.6) is 11.5 Å². The number of nitrogens with zero attached hydrogens (tertiary/aromatic N) is 2. The monoisotopic (exact) mass is 288 g/mol. The maximum atomic E-state index is 11.8. The normalized spacial score (nSPS) is 10.4. The summed E-state index contributed by atoms with van der Waals surface area (Å²) in [5, 5.41) is 4.42. The van der Waals surface area contributed by atoms with Crippen LogP contribution in [0.3, 0.4) is 0 Å². The first kappa shape index (κ1) is 15.1. The largest absolute Gasteiger partial charge is 0.493 e. The van der Waals surface area contributed by atoms with Crippen LogP contribution in [-0.2, 0) is 6.54 Å². The molecule has 2 rings (SSSR count). The fraction of sp³-hybridized carbons (Fsp3) is 0.375. The van der Waals surface area contributed by atoms with E-state index >= 15 is 0 Å². The third kappa shape index (κ3) is 3.42. The molecular formula is C16H20N2O3. The molecule has 0 saturated heterocycles. The van der Waals surface area contributed by atoms with Crippen molar-refractivity contribution in [1.29, 1.82) is 0 Å². The van der Waals surface area contributed by atoms with Gasteiger partial charge in [0, 0.05) is 18.2 Å². The van der Waals surface area contributed by atoms with Gasteiger partial charge in [-0.1, -0.05) is 13.3 Å². The third-order valence-electron chi connectivity index (χ3n) is 3.27. The molecule has 1 heterocycles. The number of hydrogen-bond acceptors (Lipinski definition) is 4. The molecule has 0 aliphatic heterocycles. The summed E-state index contributed by atoms with van der Waals surface area (Å²) in [7, 11) is 3.19. The number of rotatable bonds is 6. The van der Waals surface area contributed by atoms with Crippen molar-refractivity contribution < 1.29 is 9.47 Å². The first-order valence-corrected chi connectivity index (χ1v) is 7.00. The topological polar surface area (TPSA) is 53.4 Å². The van der Waals surface area contributed by atoms with E-state index < -0.39 is 0 Å². The van der Waals surface area contributed by atoms with Crippen LogP contribution in [0.25, 0.3) is 11.3 Å². The van der Waals surface area contributed by atoms with Crippen LogP contribution in [0.1, 0.15) is 19.8 Å². The van der Waals surface area contributed by atoms with Crippen molar-refractivity contribution in [2.24, 2.45) is 0 Å². The van der Waals surface area contributed by atoms with E-state index in [4.69, 9.17) is 9.47 Å². The molecule has 0 aliphatic carbocycles. The molecular weight excluding hydrogens is 268 g/mol. The lowest BCUT2D eigenvalue weighted by atomic mass is 10.1. The van der Waals surface area contributed by atoms with Gasteiger partial charge in [0.15, 0.2) is 11.5 Å². The van der Waals surface area contributed by atoms with E-state index in [0.717, 1.165) is 24.1 Å². The van der Waals surface area contributed by atoms with Gasteiger partial charge in [-0.15, -0.1) is 0 Å². The zero-order valence-corrected chi connectivity index (χ0v) is 12.6. The van der Waals surface area contributed by atoms with Crippen molar-refractivity contribution in [3.05, 3.63) is 40.7 Å². The SMILES string of the molecule is CCCCn1nc(-c2ccc(OC)c(OC)c2)ccc1=O. The Hall–Kier alpha value is -2.30. The Morgan fingerprint density at radius 3 is 2.52 bits per heavy atom. The molecule has 0 bridgehead atoms. The quantitative estimate of drug-likeness (QED) is 0.820. The van der Waals surface area contributed by atoms with Crippen LogP contribution < -0.4 is 15.0 Å². The van der Waals surface area contributed by atoms with Crippen molar-refractivity contribution >= 4 is 0 Å². The van der Waals surface area contributed by atoms with Gasteiger partial charge in [-0.2, -0.15) is 5.10 Å². The maximum Gasteiger partial charge on any atom is 0.266 e. The Kier molecular flexibility index (Phi) is 4.98. The number of methoxy groups -OCH3 is 2. The summed E-state index contributed by atoms with van der Waals surface area (Å²) >= 11 is 0. The number of ether oxygens (including phenoxy) is 2. The molecule has 5 nitrogen and oxygen atoms in total. The van der Waals surface area contributed by atoms with Crippen molar-refractivity contribution in [2.45, 2.75) is 26.3 Å². The molecule has 0 aliphatic rings. The van der Waals surface area contributed by atoms with Crippen LogP contribution in [0, 0.1) is 0 Å². The minimum Gasteiger partial charge on any atom is -0.493 e. The molecule has 0 radical (unpaired) electrons. The first-order valence-electron chi connectivity index (χ1n) is 7.00. The first-order chi connectivity index (χ1) is 10.2. The molecule has 5 heteroatoms. The lowest BCUT2D eigenvalue weighted by Crippen LogP contribution is -2.22. The lowest BCUT2D eigenvalue weighted by Gasteiger charge is -2.10. The Morgan fingerprint density at radius 2 is 1.86 bits per heavy atom. The summed E-state index contributed by atoms with van der Waals surface area (Å²) in [5.41, 5.74) is 1.55. The van der Waals surface area contributed by atoms with Crippen molar-refractivity contribution in [2.75, 3.05) is 14.2 Å². The maximum absolute atomic E-state index is 11.8. The highest BCUT2D eigenvalue weighted by Crippen LogP contribution is 2.31. The van der Waals surface area contributed by atoms with Crippen LogP contribution in [0.4, 0.5) is 0 Å². The van der Waals surface area contributed by atoms with Gasteiger partial charge < -0.3 is 9.47 Å². The van der Waals surface area contributed by atoms with Crippen LogP contribution in [0.15, 0.2) is 35.1 Å². The zero-order chi connectivity index (χ0) is 15.2. The molecule has 112 valence electrons. The van der Waals surface area contributed by atoms with Gasteiger partial charge in [0.1, 0.15) is 0 Å². The lowest BCUT2D eigenvalue weighted by molar-refractivity contribution is 0.355. The number of unbranched alkanes of at least 4 members (excludes halogenated alkanes) is 1. The second kappa shape index (κ2) is 6.92. The van der Waals surface area contributed by atoms with Crippen LogP contribution in [0.2, 0.25) is 0 Å². The second-order valence-electron chi connectivity index (χ2n) is 4.70. The van der Waals surface area contributed by atoms with Crippen molar-refractivity contribution in [3.63, 3.8) is 0 Å². The molecule has 0 amide bonds. The molecule has 0 spiro atoms. The summed E-state index contributed by atoms with van der Waals surface area (Å²) < 4.78 is 12.0. The molecule has 0 fully saturated rings. The predicted molar refractivity (Wildman–Crippen MR) is 81.9 cm³/mol. The van der Waals surface area contributed by atoms with E-state index in [9.17, 15) is 4.79 Å². The highest BCUT2D eigenvalue weighted by Gasteiger charge is 2.08. The van der Waals surface area contributed by atoms with Crippen LogP contribution >= 0.6 is 0 Å². The van der Waals surface area contributed by atoms with E-state index in [0.29, 0.717) is 18.0 Å².